The third kappa shape index (κ3) is 7.06. The molecular weight excluding hydrogens is 601 g/mol. The van der Waals surface area contributed by atoms with Crippen LogP contribution >= 0.6 is 0 Å². The number of amides is 2. The van der Waals surface area contributed by atoms with Crippen LogP contribution in [-0.2, 0) is 14.3 Å². The van der Waals surface area contributed by atoms with Gasteiger partial charge in [-0.25, -0.2) is 9.69 Å². The summed E-state index contributed by atoms with van der Waals surface area (Å²) in [5.41, 5.74) is -1.31. The van der Waals surface area contributed by atoms with Crippen LogP contribution < -0.4 is 0 Å². The predicted molar refractivity (Wildman–Crippen MR) is 114 cm³/mol. The van der Waals surface area contributed by atoms with Crippen molar-refractivity contribution in [3.8, 4) is 0 Å². The second kappa shape index (κ2) is 11.7. The third-order valence-electron chi connectivity index (χ3n) is 5.02. The van der Waals surface area contributed by atoms with Gasteiger partial charge in [-0.15, -0.1) is 0 Å². The zero-order valence-corrected chi connectivity index (χ0v) is 21.3. The molecule has 18 heteroatoms. The zero-order chi connectivity index (χ0) is 32.5. The van der Waals surface area contributed by atoms with Crippen molar-refractivity contribution in [3.05, 3.63) is 48.2 Å². The molecule has 2 amide bonds. The summed E-state index contributed by atoms with van der Waals surface area (Å²) >= 11 is 0. The standard InChI is InChI=1S/C23H22F13NO4/c1-17(2,3)41-16(39)37(15(38)14(40-4)13-9-6-5-7-10-13)12-8-11-18(24,25)19(26,27)20(28,29)21(30,31)22(32,33)23(34,35)36/h5-10,12,14H,11H2,1-4H3/b12-8+. The van der Waals surface area contributed by atoms with Crippen LogP contribution in [0.1, 0.15) is 38.9 Å². The summed E-state index contributed by atoms with van der Waals surface area (Å²) in [4.78, 5) is 25.4. The van der Waals surface area contributed by atoms with Crippen molar-refractivity contribution in [1.82, 2.24) is 4.90 Å². The average Bonchev–Trinajstić information content (AvgIpc) is 2.80. The molecule has 0 N–H and O–H groups in total. The number of methoxy groups -OCH3 is 1. The fraction of sp³-hybridized carbons (Fsp3) is 0.565. The molecule has 0 heterocycles. The van der Waals surface area contributed by atoms with Crippen molar-refractivity contribution in [1.29, 1.82) is 0 Å². The third-order valence-corrected chi connectivity index (χ3v) is 5.02. The van der Waals surface area contributed by atoms with Gasteiger partial charge in [-0.1, -0.05) is 36.4 Å². The van der Waals surface area contributed by atoms with Gasteiger partial charge in [0.25, 0.3) is 5.91 Å². The van der Waals surface area contributed by atoms with Gasteiger partial charge in [0.05, 0.1) is 0 Å². The van der Waals surface area contributed by atoms with Crippen LogP contribution in [0.5, 0.6) is 0 Å². The van der Waals surface area contributed by atoms with Crippen molar-refractivity contribution in [2.45, 2.75) is 74.7 Å². The molecule has 41 heavy (non-hydrogen) atoms. The van der Waals surface area contributed by atoms with Crippen LogP contribution in [0.3, 0.4) is 0 Å². The minimum atomic E-state index is -8.05. The Kier molecular flexibility index (Phi) is 10.2. The number of ether oxygens (including phenoxy) is 2. The van der Waals surface area contributed by atoms with Gasteiger partial charge < -0.3 is 9.47 Å². The molecule has 0 spiro atoms. The lowest BCUT2D eigenvalue weighted by molar-refractivity contribution is -0.439. The van der Waals surface area contributed by atoms with E-state index in [1.54, 1.807) is 0 Å². The molecular formula is C23H22F13NO4. The molecule has 0 aliphatic carbocycles. The van der Waals surface area contributed by atoms with E-state index in [0.717, 1.165) is 7.11 Å². The predicted octanol–water partition coefficient (Wildman–Crippen LogP) is 7.78. The topological polar surface area (TPSA) is 55.8 Å². The largest absolute Gasteiger partial charge is 0.460 e. The maximum absolute atomic E-state index is 14.1. The van der Waals surface area contributed by atoms with E-state index in [0.29, 0.717) is 0 Å². The lowest BCUT2D eigenvalue weighted by Crippen LogP contribution is -2.70. The maximum Gasteiger partial charge on any atom is 0.460 e. The summed E-state index contributed by atoms with van der Waals surface area (Å²) in [7, 11) is 0.959. The summed E-state index contributed by atoms with van der Waals surface area (Å²) in [5.74, 6) is -39.3. The van der Waals surface area contributed by atoms with E-state index in [1.165, 1.54) is 51.1 Å². The second-order valence-corrected chi connectivity index (χ2v) is 9.30. The number of carbonyl (C=O) groups is 2. The molecule has 1 aromatic carbocycles. The second-order valence-electron chi connectivity index (χ2n) is 9.30. The highest BCUT2D eigenvalue weighted by molar-refractivity contribution is 5.96. The van der Waals surface area contributed by atoms with Crippen LogP contribution in [0.2, 0.25) is 0 Å². The van der Waals surface area contributed by atoms with Crippen LogP contribution in [0.15, 0.2) is 42.6 Å². The molecule has 1 rings (SSSR count). The van der Waals surface area contributed by atoms with E-state index in [1.807, 2.05) is 0 Å². The number of rotatable bonds is 10. The van der Waals surface area contributed by atoms with Crippen molar-refractivity contribution in [2.24, 2.45) is 0 Å². The Balaban J connectivity index is 3.46. The normalized spacial score (nSPS) is 15.1. The molecule has 0 fully saturated rings. The zero-order valence-electron chi connectivity index (χ0n) is 21.3. The first kappa shape index (κ1) is 36.0. The number of alkyl halides is 13. The maximum atomic E-state index is 14.1. The van der Waals surface area contributed by atoms with Crippen molar-refractivity contribution >= 4 is 12.0 Å². The highest BCUT2D eigenvalue weighted by Gasteiger charge is 2.90. The minimum absolute atomic E-state index is 0.00401. The van der Waals surface area contributed by atoms with Gasteiger partial charge in [-0.05, 0) is 26.3 Å². The Morgan fingerprint density at radius 1 is 0.780 bits per heavy atom. The summed E-state index contributed by atoms with van der Waals surface area (Å²) in [5, 5.41) is 0. The first-order valence-electron chi connectivity index (χ1n) is 11.0. The number of halogens is 13. The lowest BCUT2D eigenvalue weighted by atomic mass is 9.92. The molecule has 0 aliphatic heterocycles. The van der Waals surface area contributed by atoms with E-state index >= 15 is 0 Å². The average molecular weight is 623 g/mol. The smallest absolute Gasteiger partial charge is 0.443 e. The van der Waals surface area contributed by atoms with Gasteiger partial charge in [0.15, 0.2) is 6.10 Å². The Labute approximate surface area is 223 Å². The Bertz CT molecular complexity index is 1100. The summed E-state index contributed by atoms with van der Waals surface area (Å²) in [6, 6.07) is 6.91. The van der Waals surface area contributed by atoms with E-state index < -0.39 is 65.9 Å². The van der Waals surface area contributed by atoms with Gasteiger partial charge in [-0.2, -0.15) is 57.1 Å². The molecule has 234 valence electrons. The first-order valence-corrected chi connectivity index (χ1v) is 11.0. The molecule has 0 aromatic heterocycles. The Morgan fingerprint density at radius 3 is 1.66 bits per heavy atom. The number of nitrogens with zero attached hydrogens (tertiary/aromatic N) is 1. The molecule has 0 aliphatic rings. The minimum Gasteiger partial charge on any atom is -0.443 e. The fourth-order valence-electron chi connectivity index (χ4n) is 2.91. The number of benzene rings is 1. The van der Waals surface area contributed by atoms with Crippen LogP contribution in [0, 0.1) is 0 Å². The van der Waals surface area contributed by atoms with E-state index in [-0.39, 0.29) is 22.7 Å². The molecule has 0 bridgehead atoms. The molecule has 1 atom stereocenters. The van der Waals surface area contributed by atoms with Gasteiger partial charge in [-0.3, -0.25) is 4.79 Å². The molecule has 1 unspecified atom stereocenters. The van der Waals surface area contributed by atoms with Gasteiger partial charge in [0, 0.05) is 19.7 Å². The van der Waals surface area contributed by atoms with E-state index in [9.17, 15) is 66.7 Å². The first-order chi connectivity index (χ1) is 18.2. The quantitative estimate of drug-likeness (QED) is 0.250. The van der Waals surface area contributed by atoms with Crippen molar-refractivity contribution in [2.75, 3.05) is 7.11 Å². The highest BCUT2D eigenvalue weighted by atomic mass is 19.4. The summed E-state index contributed by atoms with van der Waals surface area (Å²) < 4.78 is 183. The SMILES string of the molecule is COC(C(=O)N(/C=C/CC(F)(F)C(F)(F)C(F)(F)C(F)(F)C(F)(F)C(F)(F)F)C(=O)OC(C)(C)C)c1ccccc1. The van der Waals surface area contributed by atoms with E-state index in [2.05, 4.69) is 0 Å². The van der Waals surface area contributed by atoms with Crippen LogP contribution in [0.25, 0.3) is 0 Å². The number of carbonyl (C=O) groups excluding carboxylic acids is 2. The van der Waals surface area contributed by atoms with Crippen molar-refractivity contribution < 1.29 is 76.1 Å². The molecule has 1 aromatic rings. The summed E-state index contributed by atoms with van der Waals surface area (Å²) in [6.07, 6.45) is -13.9. The number of hydrogen-bond donors (Lipinski definition) is 0. The van der Waals surface area contributed by atoms with Crippen LogP contribution in [0.4, 0.5) is 61.9 Å². The monoisotopic (exact) mass is 623 g/mol. The molecule has 0 radical (unpaired) electrons. The highest BCUT2D eigenvalue weighted by Crippen LogP contribution is 2.60. The van der Waals surface area contributed by atoms with Gasteiger partial charge >= 0.3 is 41.9 Å². The Hall–Kier alpha value is -3.05. The number of hydrogen-bond acceptors (Lipinski definition) is 4. The molecule has 0 saturated carbocycles. The number of allylic oxidation sites excluding steroid dienone is 1. The lowest BCUT2D eigenvalue weighted by Gasteiger charge is -2.39. The number of imide groups is 1. The molecule has 5 nitrogen and oxygen atoms in total. The fourth-order valence-corrected chi connectivity index (χ4v) is 2.91. The Morgan fingerprint density at radius 2 is 1.24 bits per heavy atom. The van der Waals surface area contributed by atoms with Crippen LogP contribution in [-0.4, -0.2) is 65.4 Å². The van der Waals surface area contributed by atoms with E-state index in [4.69, 9.17) is 9.47 Å². The summed E-state index contributed by atoms with van der Waals surface area (Å²) in [6.45, 7) is 3.82. The van der Waals surface area contributed by atoms with Gasteiger partial charge in [0.1, 0.15) is 5.60 Å². The molecule has 0 saturated heterocycles. The van der Waals surface area contributed by atoms with Crippen molar-refractivity contribution in [3.63, 3.8) is 0 Å². The van der Waals surface area contributed by atoms with Gasteiger partial charge in [0.2, 0.25) is 0 Å².